The van der Waals surface area contributed by atoms with Crippen molar-refractivity contribution in [3.63, 3.8) is 0 Å². The van der Waals surface area contributed by atoms with Crippen molar-refractivity contribution in [2.75, 3.05) is 26.7 Å². The zero-order valence-corrected chi connectivity index (χ0v) is 12.1. The standard InChI is InChI=1S/C15H23ClN2/c1-12(14-5-7-15(16)8-6-14)18(2)11-13-4-3-9-17-10-13/h5-8,12-13,17H,3-4,9-11H2,1-2H3. The first kappa shape index (κ1) is 13.9. The molecule has 2 rings (SSSR count). The van der Waals surface area contributed by atoms with Gasteiger partial charge in [-0.3, -0.25) is 4.90 Å². The van der Waals surface area contributed by atoms with Crippen molar-refractivity contribution in [3.05, 3.63) is 34.9 Å². The Labute approximate surface area is 115 Å². The van der Waals surface area contributed by atoms with Crippen LogP contribution in [-0.2, 0) is 0 Å². The lowest BCUT2D eigenvalue weighted by molar-refractivity contribution is 0.199. The number of benzene rings is 1. The maximum Gasteiger partial charge on any atom is 0.0406 e. The van der Waals surface area contributed by atoms with Gasteiger partial charge < -0.3 is 5.32 Å². The summed E-state index contributed by atoms with van der Waals surface area (Å²) in [5, 5.41) is 4.29. The highest BCUT2D eigenvalue weighted by Gasteiger charge is 2.18. The van der Waals surface area contributed by atoms with Gasteiger partial charge in [-0.25, -0.2) is 0 Å². The number of nitrogens with zero attached hydrogens (tertiary/aromatic N) is 1. The molecule has 0 aromatic heterocycles. The molecule has 0 saturated carbocycles. The van der Waals surface area contributed by atoms with E-state index in [9.17, 15) is 0 Å². The molecular formula is C15H23ClN2. The Balaban J connectivity index is 1.91. The zero-order valence-electron chi connectivity index (χ0n) is 11.3. The number of rotatable bonds is 4. The van der Waals surface area contributed by atoms with Crippen LogP contribution in [0.1, 0.15) is 31.4 Å². The number of hydrogen-bond donors (Lipinski definition) is 1. The average Bonchev–Trinajstić information content (AvgIpc) is 2.40. The summed E-state index contributed by atoms with van der Waals surface area (Å²) in [7, 11) is 2.22. The summed E-state index contributed by atoms with van der Waals surface area (Å²) in [5.74, 6) is 0.790. The van der Waals surface area contributed by atoms with E-state index in [0.29, 0.717) is 6.04 Å². The SMILES string of the molecule is CC(c1ccc(Cl)cc1)N(C)CC1CCCNC1. The first-order chi connectivity index (χ1) is 8.66. The smallest absolute Gasteiger partial charge is 0.0406 e. The van der Waals surface area contributed by atoms with Gasteiger partial charge >= 0.3 is 0 Å². The Kier molecular flexibility index (Phi) is 5.04. The van der Waals surface area contributed by atoms with Crippen LogP contribution in [0.4, 0.5) is 0 Å². The maximum absolute atomic E-state index is 5.93. The van der Waals surface area contributed by atoms with Crippen LogP contribution in [0.2, 0.25) is 5.02 Å². The molecule has 2 atom stereocenters. The van der Waals surface area contributed by atoms with Crippen LogP contribution in [0.25, 0.3) is 0 Å². The van der Waals surface area contributed by atoms with Gasteiger partial charge in [0.15, 0.2) is 0 Å². The van der Waals surface area contributed by atoms with Crippen molar-refractivity contribution in [2.24, 2.45) is 5.92 Å². The topological polar surface area (TPSA) is 15.3 Å². The molecule has 1 saturated heterocycles. The van der Waals surface area contributed by atoms with Crippen molar-refractivity contribution >= 4 is 11.6 Å². The normalized spacial score (nSPS) is 22.1. The highest BCUT2D eigenvalue weighted by Crippen LogP contribution is 2.22. The van der Waals surface area contributed by atoms with Crippen LogP contribution < -0.4 is 5.32 Å². The Hall–Kier alpha value is -0.570. The molecule has 0 bridgehead atoms. The van der Waals surface area contributed by atoms with Gasteiger partial charge in [0.25, 0.3) is 0 Å². The van der Waals surface area contributed by atoms with Crippen LogP contribution in [0.5, 0.6) is 0 Å². The van der Waals surface area contributed by atoms with Crippen LogP contribution >= 0.6 is 11.6 Å². The number of piperidine rings is 1. The fourth-order valence-electron chi connectivity index (χ4n) is 2.64. The van der Waals surface area contributed by atoms with Gasteiger partial charge in [0.2, 0.25) is 0 Å². The van der Waals surface area contributed by atoms with Crippen molar-refractivity contribution in [1.29, 1.82) is 0 Å². The second-order valence-corrected chi connectivity index (χ2v) is 5.82. The molecule has 100 valence electrons. The minimum Gasteiger partial charge on any atom is -0.316 e. The highest BCUT2D eigenvalue weighted by molar-refractivity contribution is 6.30. The molecule has 1 aromatic rings. The van der Waals surface area contributed by atoms with E-state index in [0.717, 1.165) is 24.0 Å². The molecule has 0 spiro atoms. The summed E-state index contributed by atoms with van der Waals surface area (Å²) in [5.41, 5.74) is 1.34. The Bertz CT molecular complexity index is 357. The van der Waals surface area contributed by atoms with Crippen molar-refractivity contribution in [2.45, 2.75) is 25.8 Å². The number of hydrogen-bond acceptors (Lipinski definition) is 2. The van der Waals surface area contributed by atoms with Crippen molar-refractivity contribution in [3.8, 4) is 0 Å². The fraction of sp³-hybridized carbons (Fsp3) is 0.600. The third kappa shape index (κ3) is 3.71. The lowest BCUT2D eigenvalue weighted by Gasteiger charge is -2.31. The second-order valence-electron chi connectivity index (χ2n) is 5.38. The van der Waals surface area contributed by atoms with Gasteiger partial charge in [-0.15, -0.1) is 0 Å². The third-order valence-electron chi connectivity index (χ3n) is 3.96. The van der Waals surface area contributed by atoms with Gasteiger partial charge in [-0.05, 0) is 63.5 Å². The molecule has 0 aliphatic carbocycles. The Morgan fingerprint density at radius 2 is 2.11 bits per heavy atom. The van der Waals surface area contributed by atoms with E-state index in [4.69, 9.17) is 11.6 Å². The minimum absolute atomic E-state index is 0.448. The molecule has 1 aliphatic heterocycles. The fourth-order valence-corrected chi connectivity index (χ4v) is 2.77. The average molecular weight is 267 g/mol. The Morgan fingerprint density at radius 3 is 2.72 bits per heavy atom. The molecule has 1 N–H and O–H groups in total. The van der Waals surface area contributed by atoms with Gasteiger partial charge in [0.05, 0.1) is 0 Å². The van der Waals surface area contributed by atoms with E-state index in [-0.39, 0.29) is 0 Å². The molecule has 1 heterocycles. The molecule has 2 unspecified atom stereocenters. The monoisotopic (exact) mass is 266 g/mol. The molecule has 18 heavy (non-hydrogen) atoms. The zero-order chi connectivity index (χ0) is 13.0. The summed E-state index contributed by atoms with van der Waals surface area (Å²) in [6.45, 7) is 5.78. The lowest BCUT2D eigenvalue weighted by atomic mass is 9.98. The summed E-state index contributed by atoms with van der Waals surface area (Å²) in [6.07, 6.45) is 2.67. The number of nitrogens with one attached hydrogen (secondary N) is 1. The molecule has 0 amide bonds. The summed E-state index contributed by atoms with van der Waals surface area (Å²) in [6, 6.07) is 8.65. The molecule has 0 radical (unpaired) electrons. The number of halogens is 1. The van der Waals surface area contributed by atoms with Gasteiger partial charge in [0, 0.05) is 17.6 Å². The molecule has 2 nitrogen and oxygen atoms in total. The van der Waals surface area contributed by atoms with Crippen LogP contribution in [0.15, 0.2) is 24.3 Å². The van der Waals surface area contributed by atoms with Gasteiger partial charge in [0.1, 0.15) is 0 Å². The Morgan fingerprint density at radius 1 is 1.39 bits per heavy atom. The van der Waals surface area contributed by atoms with Gasteiger partial charge in [-0.2, -0.15) is 0 Å². The summed E-state index contributed by atoms with van der Waals surface area (Å²) < 4.78 is 0. The first-order valence-electron chi connectivity index (χ1n) is 6.83. The third-order valence-corrected chi connectivity index (χ3v) is 4.21. The largest absolute Gasteiger partial charge is 0.316 e. The van der Waals surface area contributed by atoms with Crippen LogP contribution in [0, 0.1) is 5.92 Å². The summed E-state index contributed by atoms with van der Waals surface area (Å²) >= 11 is 5.93. The predicted octanol–water partition coefficient (Wildman–Crippen LogP) is 3.33. The van der Waals surface area contributed by atoms with Crippen molar-refractivity contribution < 1.29 is 0 Å². The van der Waals surface area contributed by atoms with E-state index in [2.05, 4.69) is 36.3 Å². The summed E-state index contributed by atoms with van der Waals surface area (Å²) in [4.78, 5) is 2.45. The van der Waals surface area contributed by atoms with E-state index >= 15 is 0 Å². The molecule has 1 fully saturated rings. The molecule has 1 aliphatic rings. The van der Waals surface area contributed by atoms with E-state index in [1.165, 1.54) is 24.9 Å². The van der Waals surface area contributed by atoms with Gasteiger partial charge in [-0.1, -0.05) is 23.7 Å². The van der Waals surface area contributed by atoms with E-state index in [1.807, 2.05) is 12.1 Å². The maximum atomic E-state index is 5.93. The molecular weight excluding hydrogens is 244 g/mol. The predicted molar refractivity (Wildman–Crippen MR) is 78.1 cm³/mol. The van der Waals surface area contributed by atoms with Crippen LogP contribution in [-0.4, -0.2) is 31.6 Å². The second kappa shape index (κ2) is 6.55. The van der Waals surface area contributed by atoms with E-state index < -0.39 is 0 Å². The highest BCUT2D eigenvalue weighted by atomic mass is 35.5. The lowest BCUT2D eigenvalue weighted by Crippen LogP contribution is -2.37. The molecule has 3 heteroatoms. The minimum atomic E-state index is 0.448. The molecule has 1 aromatic carbocycles. The van der Waals surface area contributed by atoms with E-state index in [1.54, 1.807) is 0 Å². The van der Waals surface area contributed by atoms with Crippen molar-refractivity contribution in [1.82, 2.24) is 10.2 Å². The van der Waals surface area contributed by atoms with Crippen LogP contribution in [0.3, 0.4) is 0 Å². The first-order valence-corrected chi connectivity index (χ1v) is 7.21. The quantitative estimate of drug-likeness (QED) is 0.899.